The topological polar surface area (TPSA) is 12.0 Å². The highest BCUT2D eigenvalue weighted by molar-refractivity contribution is 5.27. The number of rotatable bonds is 6. The third kappa shape index (κ3) is 2.95. The Morgan fingerprint density at radius 2 is 1.89 bits per heavy atom. The molecule has 0 radical (unpaired) electrons. The van der Waals surface area contributed by atoms with E-state index in [1.165, 1.54) is 36.8 Å². The van der Waals surface area contributed by atoms with Gasteiger partial charge in [-0.15, -0.1) is 0 Å². The summed E-state index contributed by atoms with van der Waals surface area (Å²) in [5.74, 6) is 0.795. The zero-order valence-corrected chi connectivity index (χ0v) is 12.3. The quantitative estimate of drug-likeness (QED) is 0.786. The van der Waals surface area contributed by atoms with Gasteiger partial charge < -0.3 is 5.32 Å². The number of nitrogens with one attached hydrogen (secondary N) is 1. The molecule has 0 bridgehead atoms. The molecule has 1 aromatic carbocycles. The van der Waals surface area contributed by atoms with Crippen molar-refractivity contribution >= 4 is 0 Å². The van der Waals surface area contributed by atoms with Crippen LogP contribution in [0.3, 0.4) is 0 Å². The molecular weight excluding hydrogens is 218 g/mol. The first-order valence-corrected chi connectivity index (χ1v) is 7.34. The molecule has 2 rings (SSSR count). The lowest BCUT2D eigenvalue weighted by Crippen LogP contribution is -2.20. The van der Waals surface area contributed by atoms with Crippen LogP contribution in [0.2, 0.25) is 0 Å². The average Bonchev–Trinajstić information content (AvgIpc) is 2.98. The van der Waals surface area contributed by atoms with E-state index in [-0.39, 0.29) is 0 Å². The van der Waals surface area contributed by atoms with E-state index >= 15 is 0 Å². The van der Waals surface area contributed by atoms with Gasteiger partial charge in [0.05, 0.1) is 0 Å². The van der Waals surface area contributed by atoms with Crippen LogP contribution in [-0.4, -0.2) is 7.05 Å². The Bertz CT molecular complexity index is 377. The highest BCUT2D eigenvalue weighted by Gasteiger charge is 2.49. The third-order valence-electron chi connectivity index (χ3n) is 4.46. The fourth-order valence-electron chi connectivity index (χ4n) is 2.95. The standard InChI is InChI=1S/C17H27N/c1-5-6-7-13-8-10-14(11-9-13)16(18-4)15-12-17(15,2)3/h8-11,15-16,18H,5-7,12H2,1-4H3. The Morgan fingerprint density at radius 3 is 2.33 bits per heavy atom. The summed E-state index contributed by atoms with van der Waals surface area (Å²) in [6.45, 7) is 7.00. The summed E-state index contributed by atoms with van der Waals surface area (Å²) in [7, 11) is 2.09. The lowest BCUT2D eigenvalue weighted by molar-refractivity contribution is 0.441. The first kappa shape index (κ1) is 13.6. The Hall–Kier alpha value is -0.820. The van der Waals surface area contributed by atoms with Crippen LogP contribution < -0.4 is 5.32 Å². The minimum absolute atomic E-state index is 0.522. The Kier molecular flexibility index (Phi) is 4.11. The molecule has 2 atom stereocenters. The minimum atomic E-state index is 0.522. The van der Waals surface area contributed by atoms with Crippen LogP contribution in [0, 0.1) is 11.3 Å². The van der Waals surface area contributed by atoms with E-state index in [2.05, 4.69) is 57.4 Å². The normalized spacial score (nSPS) is 22.8. The summed E-state index contributed by atoms with van der Waals surface area (Å²) in [6, 6.07) is 9.79. The predicted octanol–water partition coefficient (Wildman–Crippen LogP) is 4.34. The highest BCUT2D eigenvalue weighted by Crippen LogP contribution is 2.57. The molecule has 1 aromatic rings. The number of aryl methyl sites for hydroxylation is 1. The number of unbranched alkanes of at least 4 members (excludes halogenated alkanes) is 1. The molecule has 0 saturated heterocycles. The number of hydrogen-bond donors (Lipinski definition) is 1. The van der Waals surface area contributed by atoms with Gasteiger partial charge in [0.15, 0.2) is 0 Å². The van der Waals surface area contributed by atoms with Crippen molar-refractivity contribution in [2.75, 3.05) is 7.05 Å². The molecule has 0 amide bonds. The molecule has 0 aliphatic heterocycles. The summed E-state index contributed by atoms with van der Waals surface area (Å²) in [5.41, 5.74) is 3.45. The van der Waals surface area contributed by atoms with E-state index in [0.29, 0.717) is 11.5 Å². The first-order valence-electron chi connectivity index (χ1n) is 7.34. The van der Waals surface area contributed by atoms with Crippen molar-refractivity contribution in [1.82, 2.24) is 5.32 Å². The maximum atomic E-state index is 3.50. The van der Waals surface area contributed by atoms with Gasteiger partial charge in [-0.05, 0) is 48.8 Å². The molecule has 1 aliphatic rings. The Labute approximate surface area is 112 Å². The van der Waals surface area contributed by atoms with E-state index in [9.17, 15) is 0 Å². The molecule has 1 fully saturated rings. The largest absolute Gasteiger partial charge is 0.313 e. The van der Waals surface area contributed by atoms with Gasteiger partial charge in [-0.2, -0.15) is 0 Å². The van der Waals surface area contributed by atoms with Gasteiger partial charge in [0.25, 0.3) is 0 Å². The predicted molar refractivity (Wildman–Crippen MR) is 78.7 cm³/mol. The van der Waals surface area contributed by atoms with Crippen molar-refractivity contribution in [1.29, 1.82) is 0 Å². The van der Waals surface area contributed by atoms with Gasteiger partial charge in [-0.3, -0.25) is 0 Å². The summed E-state index contributed by atoms with van der Waals surface area (Å²) in [4.78, 5) is 0. The SMILES string of the molecule is CCCCc1ccc(C(NC)C2CC2(C)C)cc1. The van der Waals surface area contributed by atoms with E-state index < -0.39 is 0 Å². The van der Waals surface area contributed by atoms with Gasteiger partial charge in [0, 0.05) is 6.04 Å². The van der Waals surface area contributed by atoms with Crippen LogP contribution in [0.4, 0.5) is 0 Å². The van der Waals surface area contributed by atoms with E-state index in [1.54, 1.807) is 0 Å². The second-order valence-corrected chi connectivity index (χ2v) is 6.41. The van der Waals surface area contributed by atoms with Crippen LogP contribution in [0.15, 0.2) is 24.3 Å². The second kappa shape index (κ2) is 5.44. The average molecular weight is 245 g/mol. The van der Waals surface area contributed by atoms with Crippen molar-refractivity contribution in [3.63, 3.8) is 0 Å². The maximum Gasteiger partial charge on any atom is 0.0351 e. The molecule has 1 heteroatoms. The van der Waals surface area contributed by atoms with E-state index in [4.69, 9.17) is 0 Å². The molecule has 1 aliphatic carbocycles. The molecule has 1 saturated carbocycles. The van der Waals surface area contributed by atoms with Crippen molar-refractivity contribution in [2.45, 2.75) is 52.5 Å². The maximum absolute atomic E-state index is 3.50. The smallest absolute Gasteiger partial charge is 0.0351 e. The molecule has 18 heavy (non-hydrogen) atoms. The van der Waals surface area contributed by atoms with Crippen LogP contribution in [0.1, 0.15) is 57.2 Å². The summed E-state index contributed by atoms with van der Waals surface area (Å²) < 4.78 is 0. The van der Waals surface area contributed by atoms with Gasteiger partial charge >= 0.3 is 0 Å². The fourth-order valence-corrected chi connectivity index (χ4v) is 2.95. The zero-order chi connectivity index (χ0) is 13.2. The van der Waals surface area contributed by atoms with Gasteiger partial charge in [-0.1, -0.05) is 51.5 Å². The van der Waals surface area contributed by atoms with Crippen molar-refractivity contribution in [2.24, 2.45) is 11.3 Å². The zero-order valence-electron chi connectivity index (χ0n) is 12.3. The van der Waals surface area contributed by atoms with Gasteiger partial charge in [0.1, 0.15) is 0 Å². The van der Waals surface area contributed by atoms with E-state index in [0.717, 1.165) is 5.92 Å². The lowest BCUT2D eigenvalue weighted by Gasteiger charge is -2.19. The summed E-state index contributed by atoms with van der Waals surface area (Å²) in [6.07, 6.45) is 5.13. The summed E-state index contributed by atoms with van der Waals surface area (Å²) >= 11 is 0. The summed E-state index contributed by atoms with van der Waals surface area (Å²) in [5, 5.41) is 3.50. The lowest BCUT2D eigenvalue weighted by atomic mass is 9.95. The molecule has 100 valence electrons. The molecule has 2 unspecified atom stereocenters. The highest BCUT2D eigenvalue weighted by atomic mass is 14.9. The van der Waals surface area contributed by atoms with Crippen molar-refractivity contribution in [3.05, 3.63) is 35.4 Å². The van der Waals surface area contributed by atoms with Gasteiger partial charge in [-0.25, -0.2) is 0 Å². The number of hydrogen-bond acceptors (Lipinski definition) is 1. The third-order valence-corrected chi connectivity index (χ3v) is 4.46. The molecule has 0 spiro atoms. The Balaban J connectivity index is 2.03. The minimum Gasteiger partial charge on any atom is -0.313 e. The second-order valence-electron chi connectivity index (χ2n) is 6.41. The molecule has 0 aromatic heterocycles. The number of benzene rings is 1. The van der Waals surface area contributed by atoms with Crippen molar-refractivity contribution < 1.29 is 0 Å². The Morgan fingerprint density at radius 1 is 1.28 bits per heavy atom. The molecule has 1 N–H and O–H groups in total. The first-order chi connectivity index (χ1) is 8.58. The van der Waals surface area contributed by atoms with Crippen molar-refractivity contribution in [3.8, 4) is 0 Å². The molecular formula is C17H27N. The van der Waals surface area contributed by atoms with Crippen LogP contribution in [0.5, 0.6) is 0 Å². The molecule has 0 heterocycles. The fraction of sp³-hybridized carbons (Fsp3) is 0.647. The van der Waals surface area contributed by atoms with Crippen LogP contribution in [0.25, 0.3) is 0 Å². The monoisotopic (exact) mass is 245 g/mol. The molecule has 1 nitrogen and oxygen atoms in total. The van der Waals surface area contributed by atoms with Crippen LogP contribution in [-0.2, 0) is 6.42 Å². The van der Waals surface area contributed by atoms with E-state index in [1.807, 2.05) is 0 Å². The van der Waals surface area contributed by atoms with Gasteiger partial charge in [0.2, 0.25) is 0 Å². The van der Waals surface area contributed by atoms with Crippen LogP contribution >= 0.6 is 0 Å².